The summed E-state index contributed by atoms with van der Waals surface area (Å²) in [7, 11) is 0. The highest BCUT2D eigenvalue weighted by molar-refractivity contribution is 6.30. The molecule has 1 aromatic carbocycles. The van der Waals surface area contributed by atoms with Gasteiger partial charge in [0, 0.05) is 34.9 Å². The Hall–Kier alpha value is -2.11. The van der Waals surface area contributed by atoms with Crippen LogP contribution >= 0.6 is 11.6 Å². The van der Waals surface area contributed by atoms with E-state index in [-0.39, 0.29) is 6.04 Å². The fraction of sp³-hybridized carbons (Fsp3) is 0.429. The van der Waals surface area contributed by atoms with Crippen LogP contribution < -0.4 is 4.74 Å². The molecule has 2 aromatic rings. The zero-order valence-corrected chi connectivity index (χ0v) is 16.2. The Kier molecular flexibility index (Phi) is 6.69. The molecule has 3 rings (SSSR count). The molecule has 2 atom stereocenters. The summed E-state index contributed by atoms with van der Waals surface area (Å²) in [6.45, 7) is 3.20. The lowest BCUT2D eigenvalue weighted by atomic mass is 9.93. The molecule has 6 heteroatoms. The summed E-state index contributed by atoms with van der Waals surface area (Å²) in [4.78, 5) is 18.5. The molecule has 0 spiro atoms. The summed E-state index contributed by atoms with van der Waals surface area (Å²) in [6.07, 6.45) is 4.92. The second-order valence-electron chi connectivity index (χ2n) is 6.74. The molecule has 1 fully saturated rings. The summed E-state index contributed by atoms with van der Waals surface area (Å²) in [5.74, 6) is -0.0294. The standard InChI is InChI=1S/C21H25ClN2O3/c1-2-27-20-10-9-15(22)13-17(20)19(14-16-7-3-5-11-23-16)24-12-6-4-8-18(24)21(25)26/h3,5,7,9-11,13,18-19H,2,4,6,8,12,14H2,1H3,(H,25,26). The molecule has 5 nitrogen and oxygen atoms in total. The Labute approximate surface area is 164 Å². The number of benzene rings is 1. The van der Waals surface area contributed by atoms with Gasteiger partial charge in [-0.2, -0.15) is 0 Å². The summed E-state index contributed by atoms with van der Waals surface area (Å²) >= 11 is 6.30. The minimum Gasteiger partial charge on any atom is -0.494 e. The molecule has 0 aliphatic carbocycles. The molecule has 27 heavy (non-hydrogen) atoms. The zero-order chi connectivity index (χ0) is 19.2. The number of piperidine rings is 1. The maximum Gasteiger partial charge on any atom is 0.320 e. The lowest BCUT2D eigenvalue weighted by Crippen LogP contribution is -2.47. The molecule has 2 heterocycles. The fourth-order valence-electron chi connectivity index (χ4n) is 3.78. The van der Waals surface area contributed by atoms with E-state index >= 15 is 0 Å². The van der Waals surface area contributed by atoms with Crippen molar-refractivity contribution in [2.45, 2.75) is 44.7 Å². The van der Waals surface area contributed by atoms with Gasteiger partial charge in [-0.1, -0.05) is 24.1 Å². The SMILES string of the molecule is CCOc1ccc(Cl)cc1C(Cc1ccccn1)N1CCCCC1C(=O)O. The molecule has 1 aliphatic rings. The van der Waals surface area contributed by atoms with Gasteiger partial charge in [0.25, 0.3) is 0 Å². The van der Waals surface area contributed by atoms with Crippen LogP contribution in [0.5, 0.6) is 5.75 Å². The number of likely N-dealkylation sites (tertiary alicyclic amines) is 1. The summed E-state index contributed by atoms with van der Waals surface area (Å²) < 4.78 is 5.84. The second kappa shape index (κ2) is 9.20. The Morgan fingerprint density at radius 2 is 2.22 bits per heavy atom. The number of hydrogen-bond acceptors (Lipinski definition) is 4. The van der Waals surface area contributed by atoms with Gasteiger partial charge in [-0.05, 0) is 56.6 Å². The summed E-state index contributed by atoms with van der Waals surface area (Å²) in [6, 6.07) is 10.7. The van der Waals surface area contributed by atoms with Crippen molar-refractivity contribution in [2.75, 3.05) is 13.2 Å². The average Bonchev–Trinajstić information content (AvgIpc) is 2.68. The Balaban J connectivity index is 2.04. The highest BCUT2D eigenvalue weighted by Gasteiger charge is 2.35. The van der Waals surface area contributed by atoms with Crippen molar-refractivity contribution in [3.8, 4) is 5.75 Å². The number of carbonyl (C=O) groups is 1. The lowest BCUT2D eigenvalue weighted by molar-refractivity contribution is -0.146. The van der Waals surface area contributed by atoms with E-state index < -0.39 is 12.0 Å². The highest BCUT2D eigenvalue weighted by Crippen LogP contribution is 2.37. The molecule has 0 amide bonds. The first kappa shape index (κ1) is 19.6. The number of ether oxygens (including phenoxy) is 1. The average molecular weight is 389 g/mol. The van der Waals surface area contributed by atoms with Crippen molar-refractivity contribution in [1.82, 2.24) is 9.88 Å². The van der Waals surface area contributed by atoms with Crippen LogP contribution in [0.1, 0.15) is 43.5 Å². The minimum atomic E-state index is -0.777. The molecule has 2 unspecified atom stereocenters. The lowest BCUT2D eigenvalue weighted by Gasteiger charge is -2.39. The van der Waals surface area contributed by atoms with E-state index in [0.717, 1.165) is 36.4 Å². The normalized spacial score (nSPS) is 18.8. The number of halogens is 1. The molecule has 0 saturated carbocycles. The number of carboxylic acid groups (broad SMARTS) is 1. The number of carboxylic acids is 1. The molecule has 1 aromatic heterocycles. The second-order valence-corrected chi connectivity index (χ2v) is 7.18. The van der Waals surface area contributed by atoms with E-state index in [0.29, 0.717) is 24.5 Å². The Morgan fingerprint density at radius 1 is 1.37 bits per heavy atom. The highest BCUT2D eigenvalue weighted by atomic mass is 35.5. The van der Waals surface area contributed by atoms with Gasteiger partial charge in [0.05, 0.1) is 6.61 Å². The van der Waals surface area contributed by atoms with Crippen molar-refractivity contribution >= 4 is 17.6 Å². The number of nitrogens with zero attached hydrogens (tertiary/aromatic N) is 2. The van der Waals surface area contributed by atoms with E-state index in [1.807, 2.05) is 37.3 Å². The Bertz CT molecular complexity index is 769. The van der Waals surface area contributed by atoms with Crippen molar-refractivity contribution < 1.29 is 14.6 Å². The van der Waals surface area contributed by atoms with Gasteiger partial charge >= 0.3 is 5.97 Å². The fourth-order valence-corrected chi connectivity index (χ4v) is 3.96. The number of rotatable bonds is 7. The van der Waals surface area contributed by atoms with Crippen LogP contribution in [0.4, 0.5) is 0 Å². The summed E-state index contributed by atoms with van der Waals surface area (Å²) in [5.41, 5.74) is 1.84. The first-order valence-corrected chi connectivity index (χ1v) is 9.78. The smallest absolute Gasteiger partial charge is 0.320 e. The van der Waals surface area contributed by atoms with Gasteiger partial charge in [-0.25, -0.2) is 0 Å². The van der Waals surface area contributed by atoms with Crippen LogP contribution in [-0.2, 0) is 11.2 Å². The van der Waals surface area contributed by atoms with Gasteiger partial charge < -0.3 is 9.84 Å². The number of hydrogen-bond donors (Lipinski definition) is 1. The zero-order valence-electron chi connectivity index (χ0n) is 15.5. The topological polar surface area (TPSA) is 62.7 Å². The van der Waals surface area contributed by atoms with Gasteiger partial charge in [-0.15, -0.1) is 0 Å². The third-order valence-corrected chi connectivity index (χ3v) is 5.22. The first-order valence-electron chi connectivity index (χ1n) is 9.41. The van der Waals surface area contributed by atoms with E-state index in [9.17, 15) is 9.90 Å². The molecule has 0 bridgehead atoms. The quantitative estimate of drug-likeness (QED) is 0.763. The van der Waals surface area contributed by atoms with Gasteiger partial charge in [0.2, 0.25) is 0 Å². The molecule has 144 valence electrons. The van der Waals surface area contributed by atoms with Gasteiger partial charge in [0.1, 0.15) is 11.8 Å². The third-order valence-electron chi connectivity index (χ3n) is 4.99. The molecule has 1 N–H and O–H groups in total. The van der Waals surface area contributed by atoms with Crippen LogP contribution in [-0.4, -0.2) is 40.2 Å². The van der Waals surface area contributed by atoms with Crippen LogP contribution in [0.2, 0.25) is 5.02 Å². The largest absolute Gasteiger partial charge is 0.494 e. The number of aliphatic carboxylic acids is 1. The molecular weight excluding hydrogens is 364 g/mol. The van der Waals surface area contributed by atoms with E-state index in [1.165, 1.54) is 0 Å². The van der Waals surface area contributed by atoms with E-state index in [4.69, 9.17) is 16.3 Å². The number of aromatic nitrogens is 1. The molecule has 1 saturated heterocycles. The monoisotopic (exact) mass is 388 g/mol. The summed E-state index contributed by atoms with van der Waals surface area (Å²) in [5, 5.41) is 10.4. The first-order chi connectivity index (χ1) is 13.1. The van der Waals surface area contributed by atoms with Crippen molar-refractivity contribution in [1.29, 1.82) is 0 Å². The van der Waals surface area contributed by atoms with Crippen LogP contribution in [0.15, 0.2) is 42.6 Å². The van der Waals surface area contributed by atoms with Gasteiger partial charge in [-0.3, -0.25) is 14.7 Å². The third kappa shape index (κ3) is 4.79. The molecule has 1 aliphatic heterocycles. The Morgan fingerprint density at radius 3 is 2.93 bits per heavy atom. The van der Waals surface area contributed by atoms with Crippen LogP contribution in [0, 0.1) is 0 Å². The van der Waals surface area contributed by atoms with Crippen LogP contribution in [0.25, 0.3) is 0 Å². The van der Waals surface area contributed by atoms with Crippen molar-refractivity contribution in [3.63, 3.8) is 0 Å². The minimum absolute atomic E-state index is 0.165. The predicted molar refractivity (Wildman–Crippen MR) is 105 cm³/mol. The number of pyridine rings is 1. The van der Waals surface area contributed by atoms with Crippen LogP contribution in [0.3, 0.4) is 0 Å². The van der Waals surface area contributed by atoms with Gasteiger partial charge in [0.15, 0.2) is 0 Å². The van der Waals surface area contributed by atoms with E-state index in [2.05, 4.69) is 9.88 Å². The maximum atomic E-state index is 11.9. The van der Waals surface area contributed by atoms with Crippen molar-refractivity contribution in [3.05, 3.63) is 58.9 Å². The van der Waals surface area contributed by atoms with E-state index in [1.54, 1.807) is 12.3 Å². The molecule has 0 radical (unpaired) electrons. The molecular formula is C21H25ClN2O3. The predicted octanol–water partition coefficient (Wildman–Crippen LogP) is 4.36. The van der Waals surface area contributed by atoms with Crippen molar-refractivity contribution in [2.24, 2.45) is 0 Å². The maximum absolute atomic E-state index is 11.9.